The average Bonchev–Trinajstić information content (AvgIpc) is 2.39. The van der Waals surface area contributed by atoms with Gasteiger partial charge in [0, 0.05) is 23.9 Å². The van der Waals surface area contributed by atoms with Gasteiger partial charge in [0.1, 0.15) is 0 Å². The van der Waals surface area contributed by atoms with Gasteiger partial charge in [0.15, 0.2) is 0 Å². The minimum Gasteiger partial charge on any atom is -0.350 e. The number of benzene rings is 1. The number of hydrogen-bond acceptors (Lipinski definition) is 1. The maximum absolute atomic E-state index is 2.42. The number of aryl methyl sites for hydroxylation is 1. The van der Waals surface area contributed by atoms with Gasteiger partial charge in [-0.15, -0.1) is 0 Å². The Bertz CT molecular complexity index is 505. The van der Waals surface area contributed by atoms with E-state index in [4.69, 9.17) is 0 Å². The Morgan fingerprint density at radius 2 is 1.63 bits per heavy atom. The number of rotatable bonds is 3. The largest absolute Gasteiger partial charge is 0.350 e. The summed E-state index contributed by atoms with van der Waals surface area (Å²) in [6.07, 6.45) is 3.53. The molecule has 1 aromatic carbocycles. The molecule has 0 saturated heterocycles. The van der Waals surface area contributed by atoms with E-state index in [0.29, 0.717) is 5.92 Å². The first kappa shape index (κ1) is 13.9. The van der Waals surface area contributed by atoms with E-state index in [-0.39, 0.29) is 0 Å². The lowest BCUT2D eigenvalue weighted by molar-refractivity contribution is 0.427. The molecule has 0 aromatic heterocycles. The monoisotopic (exact) mass is 255 g/mol. The lowest BCUT2D eigenvalue weighted by atomic mass is 9.84. The second-order valence-corrected chi connectivity index (χ2v) is 5.40. The van der Waals surface area contributed by atoms with E-state index in [1.165, 1.54) is 22.5 Å². The minimum absolute atomic E-state index is 0.452. The van der Waals surface area contributed by atoms with Crippen LogP contribution in [-0.2, 0) is 0 Å². The van der Waals surface area contributed by atoms with Crippen LogP contribution < -0.4 is 0 Å². The molecule has 0 spiro atoms. The Kier molecular flexibility index (Phi) is 4.14. The first-order valence-corrected chi connectivity index (χ1v) is 7.30. The van der Waals surface area contributed by atoms with Crippen LogP contribution in [0.25, 0.3) is 0 Å². The fraction of sp³-hybridized carbons (Fsp3) is 0.444. The number of hydrogen-bond donors (Lipinski definition) is 0. The Morgan fingerprint density at radius 3 is 2.16 bits per heavy atom. The quantitative estimate of drug-likeness (QED) is 0.734. The fourth-order valence-corrected chi connectivity index (χ4v) is 3.13. The molecule has 1 aliphatic heterocycles. The molecule has 1 aliphatic rings. The van der Waals surface area contributed by atoms with Crippen molar-refractivity contribution in [1.82, 2.24) is 4.90 Å². The van der Waals surface area contributed by atoms with Crippen molar-refractivity contribution in [3.63, 3.8) is 0 Å². The van der Waals surface area contributed by atoms with Crippen molar-refractivity contribution < 1.29 is 0 Å². The highest BCUT2D eigenvalue weighted by molar-refractivity contribution is 5.41. The van der Waals surface area contributed by atoms with Crippen molar-refractivity contribution in [1.29, 1.82) is 0 Å². The molecule has 1 heteroatoms. The van der Waals surface area contributed by atoms with Gasteiger partial charge in [-0.3, -0.25) is 0 Å². The van der Waals surface area contributed by atoms with E-state index in [1.54, 1.807) is 5.57 Å². The van der Waals surface area contributed by atoms with Gasteiger partial charge in [-0.05, 0) is 45.3 Å². The van der Waals surface area contributed by atoms with Crippen molar-refractivity contribution in [3.8, 4) is 0 Å². The molecule has 0 fully saturated rings. The summed E-state index contributed by atoms with van der Waals surface area (Å²) < 4.78 is 0. The van der Waals surface area contributed by atoms with Gasteiger partial charge >= 0.3 is 0 Å². The third kappa shape index (κ3) is 2.60. The zero-order valence-electron chi connectivity index (χ0n) is 12.8. The van der Waals surface area contributed by atoms with Crippen LogP contribution in [0.15, 0.2) is 47.3 Å². The third-order valence-electron chi connectivity index (χ3n) is 4.21. The Labute approximate surface area is 117 Å². The Morgan fingerprint density at radius 1 is 1.00 bits per heavy atom. The van der Waals surface area contributed by atoms with Crippen LogP contribution in [0.2, 0.25) is 0 Å². The van der Waals surface area contributed by atoms with Crippen molar-refractivity contribution in [2.24, 2.45) is 0 Å². The van der Waals surface area contributed by atoms with Gasteiger partial charge in [0.25, 0.3) is 0 Å². The van der Waals surface area contributed by atoms with E-state index in [2.05, 4.69) is 69.9 Å². The number of allylic oxidation sites excluding steroid dienone is 4. The van der Waals surface area contributed by atoms with Crippen LogP contribution in [0, 0.1) is 6.92 Å². The Hall–Kier alpha value is -1.50. The van der Waals surface area contributed by atoms with Gasteiger partial charge in [-0.1, -0.05) is 42.8 Å². The normalized spacial score (nSPS) is 19.7. The molecular formula is C18H25N. The van der Waals surface area contributed by atoms with E-state index in [1.807, 2.05) is 0 Å². The predicted octanol–water partition coefficient (Wildman–Crippen LogP) is 5.00. The zero-order chi connectivity index (χ0) is 14.0. The average molecular weight is 255 g/mol. The molecule has 0 bridgehead atoms. The molecule has 2 rings (SSSR count). The molecule has 0 saturated carbocycles. The summed E-state index contributed by atoms with van der Waals surface area (Å²) in [5, 5.41) is 0. The first-order chi connectivity index (χ1) is 9.08. The first-order valence-electron chi connectivity index (χ1n) is 7.30. The SMILES string of the molecule is CCC1=C(C)N(CC)C(C)=CC1c1ccc(C)cc1. The van der Waals surface area contributed by atoms with Crippen LogP contribution in [0.1, 0.15) is 51.2 Å². The van der Waals surface area contributed by atoms with Gasteiger partial charge in [-0.2, -0.15) is 0 Å². The smallest absolute Gasteiger partial charge is 0.0268 e. The third-order valence-corrected chi connectivity index (χ3v) is 4.21. The lowest BCUT2D eigenvalue weighted by Crippen LogP contribution is -2.26. The Balaban J connectivity index is 2.45. The van der Waals surface area contributed by atoms with Crippen molar-refractivity contribution >= 4 is 0 Å². The second kappa shape index (κ2) is 5.64. The molecule has 1 heterocycles. The van der Waals surface area contributed by atoms with Crippen LogP contribution >= 0.6 is 0 Å². The fourth-order valence-electron chi connectivity index (χ4n) is 3.13. The maximum Gasteiger partial charge on any atom is 0.0268 e. The molecule has 19 heavy (non-hydrogen) atoms. The minimum atomic E-state index is 0.452. The van der Waals surface area contributed by atoms with Crippen LogP contribution in [-0.4, -0.2) is 11.4 Å². The molecule has 1 aromatic rings. The molecule has 1 atom stereocenters. The molecule has 0 amide bonds. The molecule has 0 aliphatic carbocycles. The summed E-state index contributed by atoms with van der Waals surface area (Å²) in [7, 11) is 0. The van der Waals surface area contributed by atoms with Gasteiger partial charge in [-0.25, -0.2) is 0 Å². The van der Waals surface area contributed by atoms with Crippen molar-refractivity contribution in [3.05, 3.63) is 58.4 Å². The predicted molar refractivity (Wildman–Crippen MR) is 83.0 cm³/mol. The van der Waals surface area contributed by atoms with Gasteiger partial charge in [0.05, 0.1) is 0 Å². The molecule has 1 nitrogen and oxygen atoms in total. The summed E-state index contributed by atoms with van der Waals surface area (Å²) in [5.74, 6) is 0.452. The summed E-state index contributed by atoms with van der Waals surface area (Å²) in [6.45, 7) is 12.2. The summed E-state index contributed by atoms with van der Waals surface area (Å²) in [6, 6.07) is 8.98. The second-order valence-electron chi connectivity index (χ2n) is 5.40. The van der Waals surface area contributed by atoms with Crippen LogP contribution in [0.3, 0.4) is 0 Å². The van der Waals surface area contributed by atoms with E-state index in [0.717, 1.165) is 13.0 Å². The highest BCUT2D eigenvalue weighted by Crippen LogP contribution is 2.37. The molecule has 1 unspecified atom stereocenters. The van der Waals surface area contributed by atoms with E-state index in [9.17, 15) is 0 Å². The zero-order valence-corrected chi connectivity index (χ0v) is 12.8. The molecule has 102 valence electrons. The van der Waals surface area contributed by atoms with Crippen LogP contribution in [0.5, 0.6) is 0 Å². The lowest BCUT2D eigenvalue weighted by Gasteiger charge is -2.35. The van der Waals surface area contributed by atoms with Crippen molar-refractivity contribution in [2.45, 2.75) is 47.0 Å². The highest BCUT2D eigenvalue weighted by Gasteiger charge is 2.23. The van der Waals surface area contributed by atoms with Crippen LogP contribution in [0.4, 0.5) is 0 Å². The standard InChI is InChI=1S/C18H25N/c1-6-17-15(5)19(7-2)14(4)12-18(17)16-10-8-13(3)9-11-16/h8-12,18H,6-7H2,1-5H3. The van der Waals surface area contributed by atoms with E-state index >= 15 is 0 Å². The number of nitrogens with zero attached hydrogens (tertiary/aromatic N) is 1. The van der Waals surface area contributed by atoms with Gasteiger partial charge < -0.3 is 4.90 Å². The summed E-state index contributed by atoms with van der Waals surface area (Å²) in [5.41, 5.74) is 7.11. The highest BCUT2D eigenvalue weighted by atomic mass is 15.1. The van der Waals surface area contributed by atoms with Crippen molar-refractivity contribution in [2.75, 3.05) is 6.54 Å². The topological polar surface area (TPSA) is 3.24 Å². The molecule has 0 radical (unpaired) electrons. The van der Waals surface area contributed by atoms with Gasteiger partial charge in [0.2, 0.25) is 0 Å². The summed E-state index contributed by atoms with van der Waals surface area (Å²) in [4.78, 5) is 2.42. The molecule has 0 N–H and O–H groups in total. The van der Waals surface area contributed by atoms with E-state index < -0.39 is 0 Å². The summed E-state index contributed by atoms with van der Waals surface area (Å²) >= 11 is 0. The maximum atomic E-state index is 2.42. The molecular weight excluding hydrogens is 230 g/mol.